The van der Waals surface area contributed by atoms with Crippen LogP contribution in [0.4, 0.5) is 19.0 Å². The van der Waals surface area contributed by atoms with E-state index >= 15 is 0 Å². The number of amides is 1. The zero-order valence-electron chi connectivity index (χ0n) is 16.4. The Bertz CT molecular complexity index is 1170. The van der Waals surface area contributed by atoms with Crippen LogP contribution in [0.2, 0.25) is 0 Å². The first kappa shape index (κ1) is 19.7. The second kappa shape index (κ2) is 7.19. The minimum atomic E-state index is -4.39. The quantitative estimate of drug-likeness (QED) is 0.678. The van der Waals surface area contributed by atoms with E-state index in [0.29, 0.717) is 30.1 Å². The summed E-state index contributed by atoms with van der Waals surface area (Å²) in [6.07, 6.45) is -1.13. The average Bonchev–Trinajstić information content (AvgIpc) is 3.46. The van der Waals surface area contributed by atoms with Crippen molar-refractivity contribution in [1.29, 1.82) is 0 Å². The monoisotopic (exact) mass is 428 g/mol. The summed E-state index contributed by atoms with van der Waals surface area (Å²) < 4.78 is 44.0. The van der Waals surface area contributed by atoms with E-state index in [1.807, 2.05) is 0 Å². The molecule has 0 saturated heterocycles. The van der Waals surface area contributed by atoms with Crippen molar-refractivity contribution in [1.82, 2.24) is 14.9 Å². The van der Waals surface area contributed by atoms with E-state index in [1.54, 1.807) is 11.0 Å². The van der Waals surface area contributed by atoms with Gasteiger partial charge in [0.25, 0.3) is 5.91 Å². The normalized spacial score (nSPS) is 15.8. The van der Waals surface area contributed by atoms with Crippen molar-refractivity contribution in [3.8, 4) is 0 Å². The molecule has 0 unspecified atom stereocenters. The Hall–Kier alpha value is -3.20. The second-order valence-corrected chi connectivity index (χ2v) is 7.89. The minimum absolute atomic E-state index is 0.0610. The molecule has 160 valence electrons. The Balaban J connectivity index is 1.44. The molecule has 5 rings (SSSR count). The molecule has 2 N–H and O–H groups in total. The zero-order valence-corrected chi connectivity index (χ0v) is 16.4. The first-order chi connectivity index (χ1) is 14.8. The van der Waals surface area contributed by atoms with Crippen LogP contribution in [-0.4, -0.2) is 26.8 Å². The number of nitrogen functional groups attached to an aromatic ring is 1. The second-order valence-electron chi connectivity index (χ2n) is 7.89. The molecule has 0 radical (unpaired) electrons. The van der Waals surface area contributed by atoms with Crippen LogP contribution in [0.3, 0.4) is 0 Å². The molecule has 1 fully saturated rings. The number of ether oxygens (including phenoxy) is 1. The van der Waals surface area contributed by atoms with Gasteiger partial charge >= 0.3 is 6.18 Å². The van der Waals surface area contributed by atoms with E-state index in [4.69, 9.17) is 10.5 Å². The molecule has 0 bridgehead atoms. The summed E-state index contributed by atoms with van der Waals surface area (Å²) in [6, 6.07) is 6.68. The van der Waals surface area contributed by atoms with Gasteiger partial charge in [0.1, 0.15) is 11.5 Å². The molecular weight excluding hydrogens is 409 g/mol. The smallest absolute Gasteiger partial charge is 0.383 e. The molecule has 0 spiro atoms. The van der Waals surface area contributed by atoms with Gasteiger partial charge in [-0.25, -0.2) is 9.97 Å². The fourth-order valence-corrected chi connectivity index (χ4v) is 3.89. The van der Waals surface area contributed by atoms with Gasteiger partial charge in [0.2, 0.25) is 0 Å². The van der Waals surface area contributed by atoms with Crippen LogP contribution in [-0.2, 0) is 30.7 Å². The lowest BCUT2D eigenvalue weighted by molar-refractivity contribution is -0.137. The maximum Gasteiger partial charge on any atom is 0.416 e. The van der Waals surface area contributed by atoms with Crippen molar-refractivity contribution in [3.05, 3.63) is 64.5 Å². The summed E-state index contributed by atoms with van der Waals surface area (Å²) in [5.74, 6) is 0.150. The SMILES string of the molecule is Nc1nc2cnc(C(=O)N(Cc3ccc(C(F)(F)F)cc3)C3CC3)cc2c2c1COC2. The van der Waals surface area contributed by atoms with Crippen LogP contribution in [0.5, 0.6) is 0 Å². The fourth-order valence-electron chi connectivity index (χ4n) is 3.89. The van der Waals surface area contributed by atoms with E-state index < -0.39 is 11.7 Å². The molecule has 2 aromatic heterocycles. The lowest BCUT2D eigenvalue weighted by atomic mass is 10.1. The van der Waals surface area contributed by atoms with Gasteiger partial charge in [0.05, 0.1) is 30.5 Å². The largest absolute Gasteiger partial charge is 0.416 e. The summed E-state index contributed by atoms with van der Waals surface area (Å²) in [5.41, 5.74) is 8.54. The van der Waals surface area contributed by atoms with Crippen molar-refractivity contribution in [2.45, 2.75) is 44.8 Å². The summed E-state index contributed by atoms with van der Waals surface area (Å²) in [5, 5.41) is 0.783. The number of carbonyl (C=O) groups is 1. The summed E-state index contributed by atoms with van der Waals surface area (Å²) >= 11 is 0. The van der Waals surface area contributed by atoms with Gasteiger partial charge in [0, 0.05) is 23.5 Å². The van der Waals surface area contributed by atoms with Crippen molar-refractivity contribution in [3.63, 3.8) is 0 Å². The summed E-state index contributed by atoms with van der Waals surface area (Å²) in [7, 11) is 0. The zero-order chi connectivity index (χ0) is 21.8. The highest BCUT2D eigenvalue weighted by Gasteiger charge is 2.34. The number of rotatable bonds is 4. The third-order valence-electron chi connectivity index (χ3n) is 5.72. The third-order valence-corrected chi connectivity index (χ3v) is 5.72. The molecule has 0 atom stereocenters. The van der Waals surface area contributed by atoms with Crippen molar-refractivity contribution in [2.75, 3.05) is 5.73 Å². The highest BCUT2D eigenvalue weighted by Crippen LogP contribution is 2.34. The van der Waals surface area contributed by atoms with E-state index in [1.165, 1.54) is 18.3 Å². The molecule has 3 aromatic rings. The maximum absolute atomic E-state index is 13.3. The van der Waals surface area contributed by atoms with Gasteiger partial charge < -0.3 is 15.4 Å². The van der Waals surface area contributed by atoms with Crippen LogP contribution in [0.15, 0.2) is 36.5 Å². The lowest BCUT2D eigenvalue weighted by Gasteiger charge is -2.22. The predicted molar refractivity (Wildman–Crippen MR) is 107 cm³/mol. The number of nitrogens with zero attached hydrogens (tertiary/aromatic N) is 3. The summed E-state index contributed by atoms with van der Waals surface area (Å²) in [6.45, 7) is 1.01. The number of carbonyl (C=O) groups excluding carboxylic acids is 1. The van der Waals surface area contributed by atoms with Crippen LogP contribution in [0.1, 0.15) is 45.6 Å². The molecular formula is C22H19F3N4O2. The van der Waals surface area contributed by atoms with Crippen LogP contribution >= 0.6 is 0 Å². The van der Waals surface area contributed by atoms with E-state index in [9.17, 15) is 18.0 Å². The van der Waals surface area contributed by atoms with Crippen molar-refractivity contribution < 1.29 is 22.7 Å². The van der Waals surface area contributed by atoms with Gasteiger partial charge in [-0.3, -0.25) is 4.79 Å². The topological polar surface area (TPSA) is 81.3 Å². The average molecular weight is 428 g/mol. The highest BCUT2D eigenvalue weighted by atomic mass is 19.4. The Kier molecular flexibility index (Phi) is 4.58. The highest BCUT2D eigenvalue weighted by molar-refractivity contribution is 5.97. The maximum atomic E-state index is 13.3. The number of nitrogens with two attached hydrogens (primary N) is 1. The van der Waals surface area contributed by atoms with Gasteiger partial charge in [-0.05, 0) is 42.2 Å². The molecule has 1 aliphatic heterocycles. The number of hydrogen-bond acceptors (Lipinski definition) is 5. The predicted octanol–water partition coefficient (Wildman–Crippen LogP) is 4.07. The number of halogens is 3. The molecule has 6 nitrogen and oxygen atoms in total. The van der Waals surface area contributed by atoms with E-state index in [-0.39, 0.29) is 24.2 Å². The van der Waals surface area contributed by atoms with Crippen LogP contribution < -0.4 is 5.73 Å². The molecule has 1 amide bonds. The van der Waals surface area contributed by atoms with Gasteiger partial charge in [-0.2, -0.15) is 13.2 Å². The summed E-state index contributed by atoms with van der Waals surface area (Å²) in [4.78, 5) is 23.6. The standard InChI is InChI=1S/C22H19F3N4O2/c23-22(24,25)13-3-1-12(2-4-13)9-29(14-5-6-14)21(30)18-7-15-16-10-31-11-17(16)20(26)28-19(15)8-27-18/h1-4,7-8,14H,5-6,9-11H2,(H2,26,28). The van der Waals surface area contributed by atoms with Gasteiger partial charge in [-0.15, -0.1) is 0 Å². The molecule has 3 heterocycles. The Morgan fingerprint density at radius 3 is 2.55 bits per heavy atom. The molecule has 1 saturated carbocycles. The van der Waals surface area contributed by atoms with Crippen molar-refractivity contribution in [2.24, 2.45) is 0 Å². The number of benzene rings is 1. The van der Waals surface area contributed by atoms with E-state index in [2.05, 4.69) is 9.97 Å². The molecule has 31 heavy (non-hydrogen) atoms. The molecule has 9 heteroatoms. The van der Waals surface area contributed by atoms with Crippen LogP contribution in [0, 0.1) is 0 Å². The van der Waals surface area contributed by atoms with Crippen molar-refractivity contribution >= 4 is 22.6 Å². The Morgan fingerprint density at radius 2 is 1.87 bits per heavy atom. The number of pyridine rings is 2. The molecule has 1 aromatic carbocycles. The molecule has 1 aliphatic carbocycles. The number of hydrogen-bond donors (Lipinski definition) is 1. The Labute approximate surface area is 175 Å². The lowest BCUT2D eigenvalue weighted by Crippen LogP contribution is -2.33. The van der Waals surface area contributed by atoms with E-state index in [0.717, 1.165) is 41.5 Å². The first-order valence-corrected chi connectivity index (χ1v) is 9.93. The number of alkyl halides is 3. The Morgan fingerprint density at radius 1 is 1.16 bits per heavy atom. The van der Waals surface area contributed by atoms with Gasteiger partial charge in [0.15, 0.2) is 0 Å². The number of aromatic nitrogens is 2. The van der Waals surface area contributed by atoms with Gasteiger partial charge in [-0.1, -0.05) is 12.1 Å². The fraction of sp³-hybridized carbons (Fsp3) is 0.318. The van der Waals surface area contributed by atoms with Crippen LogP contribution in [0.25, 0.3) is 10.9 Å². The first-order valence-electron chi connectivity index (χ1n) is 9.93. The number of fused-ring (bicyclic) bond motifs is 3. The molecule has 2 aliphatic rings. The third kappa shape index (κ3) is 3.69. The minimum Gasteiger partial charge on any atom is -0.383 e. The number of anilines is 1.